The molecule has 26 heavy (non-hydrogen) atoms. The monoisotopic (exact) mass is 401 g/mol. The largest absolute Gasteiger partial charge is 0.334 e. The Bertz CT molecular complexity index is 748. The van der Waals surface area contributed by atoms with E-state index < -0.39 is 10.0 Å². The highest BCUT2D eigenvalue weighted by Gasteiger charge is 2.30. The average Bonchev–Trinajstić information content (AvgIpc) is 3.25. The fraction of sp³-hybridized carbons (Fsp3) is 0.611. The number of hydrogen-bond acceptors (Lipinski definition) is 4. The van der Waals surface area contributed by atoms with E-state index in [0.29, 0.717) is 24.2 Å². The number of carbonyl (C=O) groups is 1. The van der Waals surface area contributed by atoms with Crippen molar-refractivity contribution in [2.45, 2.75) is 62.4 Å². The smallest absolute Gasteiger partial charge is 0.254 e. The number of amides is 1. The minimum atomic E-state index is -3.62. The summed E-state index contributed by atoms with van der Waals surface area (Å²) in [6.45, 7) is 2.87. The molecule has 1 aromatic carbocycles. The Morgan fingerprint density at radius 3 is 2.58 bits per heavy atom. The van der Waals surface area contributed by atoms with Gasteiger partial charge in [0.05, 0.1) is 4.90 Å². The molecule has 146 valence electrons. The third-order valence-electron chi connectivity index (χ3n) is 5.31. The van der Waals surface area contributed by atoms with Crippen LogP contribution in [-0.2, 0) is 10.0 Å². The van der Waals surface area contributed by atoms with Gasteiger partial charge in [-0.2, -0.15) is 0 Å². The molecule has 1 saturated heterocycles. The molecule has 1 saturated carbocycles. The number of nitrogens with zero attached hydrogens (tertiary/aromatic N) is 1. The summed E-state index contributed by atoms with van der Waals surface area (Å²) in [5, 5.41) is 0. The Morgan fingerprint density at radius 2 is 1.92 bits per heavy atom. The topological polar surface area (TPSA) is 92.5 Å². The van der Waals surface area contributed by atoms with Crippen LogP contribution in [0.4, 0.5) is 0 Å². The van der Waals surface area contributed by atoms with Crippen molar-refractivity contribution in [2.24, 2.45) is 5.73 Å². The van der Waals surface area contributed by atoms with Crippen molar-refractivity contribution in [3.05, 3.63) is 29.3 Å². The number of hydrogen-bond donors (Lipinski definition) is 2. The normalized spacial score (nSPS) is 21.0. The number of benzene rings is 1. The number of nitrogens with two attached hydrogens (primary N) is 1. The first-order chi connectivity index (χ1) is 11.9. The van der Waals surface area contributed by atoms with Crippen LogP contribution in [-0.4, -0.2) is 44.4 Å². The SMILES string of the molecule is Cc1ccc(C(=O)N2CCCC2CN)cc1S(=O)(=O)NC1CCCC1.Cl. The summed E-state index contributed by atoms with van der Waals surface area (Å²) >= 11 is 0. The number of nitrogens with one attached hydrogen (secondary N) is 1. The lowest BCUT2D eigenvalue weighted by molar-refractivity contribution is 0.0741. The van der Waals surface area contributed by atoms with E-state index >= 15 is 0 Å². The molecule has 1 unspecified atom stereocenters. The Kier molecular flexibility index (Phi) is 7.07. The molecule has 2 fully saturated rings. The van der Waals surface area contributed by atoms with Crippen LogP contribution in [0.25, 0.3) is 0 Å². The number of sulfonamides is 1. The summed E-state index contributed by atoms with van der Waals surface area (Å²) in [5.74, 6) is -0.134. The predicted octanol–water partition coefficient (Wildman–Crippen LogP) is 2.20. The average molecular weight is 402 g/mol. The zero-order valence-corrected chi connectivity index (χ0v) is 16.7. The van der Waals surface area contributed by atoms with Crippen LogP contribution in [0.5, 0.6) is 0 Å². The third kappa shape index (κ3) is 4.39. The highest BCUT2D eigenvalue weighted by atomic mass is 35.5. The summed E-state index contributed by atoms with van der Waals surface area (Å²) in [7, 11) is -3.62. The molecule has 0 radical (unpaired) electrons. The minimum absolute atomic E-state index is 0. The number of carbonyl (C=O) groups excluding carboxylic acids is 1. The van der Waals surface area contributed by atoms with E-state index in [1.165, 1.54) is 6.07 Å². The standard InChI is InChI=1S/C18H27N3O3S.ClH/c1-13-8-9-14(18(22)21-10-4-7-16(21)12-19)11-17(13)25(23,24)20-15-5-2-3-6-15;/h8-9,11,15-16,20H,2-7,10,12,19H2,1H3;1H. The third-order valence-corrected chi connectivity index (χ3v) is 6.97. The van der Waals surface area contributed by atoms with E-state index in [2.05, 4.69) is 4.72 Å². The maximum Gasteiger partial charge on any atom is 0.254 e. The molecule has 0 aromatic heterocycles. The molecule has 1 aliphatic heterocycles. The Morgan fingerprint density at radius 1 is 1.23 bits per heavy atom. The number of aryl methyl sites for hydroxylation is 1. The molecule has 3 rings (SSSR count). The molecule has 1 atom stereocenters. The van der Waals surface area contributed by atoms with Crippen molar-refractivity contribution in [3.8, 4) is 0 Å². The zero-order chi connectivity index (χ0) is 18.0. The molecule has 6 nitrogen and oxygen atoms in total. The van der Waals surface area contributed by atoms with E-state index in [4.69, 9.17) is 5.73 Å². The summed E-state index contributed by atoms with van der Waals surface area (Å²) in [5.41, 5.74) is 6.82. The van der Waals surface area contributed by atoms with Gasteiger partial charge in [-0.25, -0.2) is 13.1 Å². The molecule has 3 N–H and O–H groups in total. The molecule has 2 aliphatic rings. The maximum atomic E-state index is 12.8. The highest BCUT2D eigenvalue weighted by molar-refractivity contribution is 7.89. The van der Waals surface area contributed by atoms with Crippen molar-refractivity contribution >= 4 is 28.3 Å². The fourth-order valence-electron chi connectivity index (χ4n) is 3.86. The fourth-order valence-corrected chi connectivity index (χ4v) is 5.44. The van der Waals surface area contributed by atoms with Crippen LogP contribution >= 0.6 is 12.4 Å². The summed E-state index contributed by atoms with van der Waals surface area (Å²) in [6, 6.07) is 4.98. The number of rotatable bonds is 5. The highest BCUT2D eigenvalue weighted by Crippen LogP contribution is 2.25. The Hall–Kier alpha value is -1.15. The predicted molar refractivity (Wildman–Crippen MR) is 104 cm³/mol. The summed E-state index contributed by atoms with van der Waals surface area (Å²) in [6.07, 6.45) is 5.71. The van der Waals surface area contributed by atoms with Gasteiger partial charge < -0.3 is 10.6 Å². The Balaban J connectivity index is 0.00000243. The van der Waals surface area contributed by atoms with Crippen molar-refractivity contribution in [3.63, 3.8) is 0 Å². The van der Waals surface area contributed by atoms with Crippen LogP contribution in [0.3, 0.4) is 0 Å². The molecule has 1 aliphatic carbocycles. The molecule has 0 spiro atoms. The second-order valence-corrected chi connectivity index (χ2v) is 8.80. The second-order valence-electron chi connectivity index (χ2n) is 7.11. The van der Waals surface area contributed by atoms with Crippen molar-refractivity contribution in [2.75, 3.05) is 13.1 Å². The van der Waals surface area contributed by atoms with Gasteiger partial charge >= 0.3 is 0 Å². The number of halogens is 1. The zero-order valence-electron chi connectivity index (χ0n) is 15.1. The van der Waals surface area contributed by atoms with Crippen LogP contribution < -0.4 is 10.5 Å². The molecule has 1 amide bonds. The molecule has 0 bridgehead atoms. The molecule has 1 aromatic rings. The molecular weight excluding hydrogens is 374 g/mol. The van der Waals surface area contributed by atoms with Crippen molar-refractivity contribution < 1.29 is 13.2 Å². The van der Waals surface area contributed by atoms with Gasteiger partial charge in [-0.05, 0) is 50.3 Å². The van der Waals surface area contributed by atoms with Gasteiger partial charge in [0.25, 0.3) is 5.91 Å². The number of likely N-dealkylation sites (tertiary alicyclic amines) is 1. The first-order valence-corrected chi connectivity index (χ1v) is 10.5. The van der Waals surface area contributed by atoms with Gasteiger partial charge in [-0.15, -0.1) is 12.4 Å². The van der Waals surface area contributed by atoms with Gasteiger partial charge in [0, 0.05) is 30.7 Å². The van der Waals surface area contributed by atoms with Crippen LogP contribution in [0.15, 0.2) is 23.1 Å². The first-order valence-electron chi connectivity index (χ1n) is 9.06. The van der Waals surface area contributed by atoms with Crippen LogP contribution in [0.2, 0.25) is 0 Å². The van der Waals surface area contributed by atoms with Crippen LogP contribution in [0.1, 0.15) is 54.4 Å². The second kappa shape index (κ2) is 8.69. The van der Waals surface area contributed by atoms with Gasteiger partial charge in [0.2, 0.25) is 10.0 Å². The lowest BCUT2D eigenvalue weighted by Gasteiger charge is -2.24. The van der Waals surface area contributed by atoms with E-state index in [-0.39, 0.29) is 35.3 Å². The van der Waals surface area contributed by atoms with Gasteiger partial charge in [-0.1, -0.05) is 18.9 Å². The lowest BCUT2D eigenvalue weighted by Crippen LogP contribution is -2.40. The molecule has 1 heterocycles. The van der Waals surface area contributed by atoms with Crippen molar-refractivity contribution in [1.82, 2.24) is 9.62 Å². The van der Waals surface area contributed by atoms with E-state index in [1.54, 1.807) is 24.0 Å². The molecule has 8 heteroatoms. The van der Waals surface area contributed by atoms with Gasteiger partial charge in [-0.3, -0.25) is 4.79 Å². The maximum absolute atomic E-state index is 12.8. The Labute approximate surface area is 162 Å². The van der Waals surface area contributed by atoms with Crippen molar-refractivity contribution in [1.29, 1.82) is 0 Å². The lowest BCUT2D eigenvalue weighted by atomic mass is 10.1. The summed E-state index contributed by atoms with van der Waals surface area (Å²) < 4.78 is 28.3. The van der Waals surface area contributed by atoms with Gasteiger partial charge in [0.15, 0.2) is 0 Å². The van der Waals surface area contributed by atoms with Crippen LogP contribution in [0, 0.1) is 6.92 Å². The van der Waals surface area contributed by atoms with E-state index in [9.17, 15) is 13.2 Å². The quantitative estimate of drug-likeness (QED) is 0.791. The van der Waals surface area contributed by atoms with E-state index in [1.807, 2.05) is 0 Å². The minimum Gasteiger partial charge on any atom is -0.334 e. The van der Waals surface area contributed by atoms with Gasteiger partial charge in [0.1, 0.15) is 0 Å². The first kappa shape index (κ1) is 21.2. The molecular formula is C18H28ClN3O3S. The summed E-state index contributed by atoms with van der Waals surface area (Å²) in [4.78, 5) is 14.8. The van der Waals surface area contributed by atoms with E-state index in [0.717, 1.165) is 38.5 Å².